The van der Waals surface area contributed by atoms with E-state index in [-0.39, 0.29) is 18.6 Å². The molecule has 0 aromatic heterocycles. The van der Waals surface area contributed by atoms with Gasteiger partial charge in [-0.3, -0.25) is 4.79 Å². The van der Waals surface area contributed by atoms with Gasteiger partial charge in [0.25, 0.3) is 5.91 Å². The highest BCUT2D eigenvalue weighted by Crippen LogP contribution is 2.31. The van der Waals surface area contributed by atoms with Crippen LogP contribution in [0.3, 0.4) is 0 Å². The Balaban J connectivity index is 1.59. The average molecular weight is 356 g/mol. The van der Waals surface area contributed by atoms with E-state index in [0.29, 0.717) is 5.02 Å². The van der Waals surface area contributed by atoms with Crippen LogP contribution in [-0.2, 0) is 20.7 Å². The van der Waals surface area contributed by atoms with Crippen LogP contribution in [0.25, 0.3) is 6.08 Å². The summed E-state index contributed by atoms with van der Waals surface area (Å²) in [5.41, 5.74) is 2.74. The van der Waals surface area contributed by atoms with Crippen molar-refractivity contribution in [3.8, 4) is 0 Å². The quantitative estimate of drug-likeness (QED) is 0.617. The second-order valence-electron chi connectivity index (χ2n) is 5.91. The first-order valence-electron chi connectivity index (χ1n) is 8.05. The van der Waals surface area contributed by atoms with Gasteiger partial charge in [-0.2, -0.15) is 0 Å². The molecule has 0 spiro atoms. The van der Waals surface area contributed by atoms with Crippen molar-refractivity contribution in [2.45, 2.75) is 19.4 Å². The molecule has 0 saturated heterocycles. The topological polar surface area (TPSA) is 46.6 Å². The number of carbonyl (C=O) groups excluding carboxylic acids is 2. The number of fused-ring (bicyclic) bond motifs is 1. The van der Waals surface area contributed by atoms with E-state index in [1.165, 1.54) is 6.08 Å². The summed E-state index contributed by atoms with van der Waals surface area (Å²) < 4.78 is 5.08. The first kappa shape index (κ1) is 17.2. The highest BCUT2D eigenvalue weighted by atomic mass is 35.5. The third-order valence-corrected chi connectivity index (χ3v) is 4.46. The predicted molar refractivity (Wildman–Crippen MR) is 98.5 cm³/mol. The summed E-state index contributed by atoms with van der Waals surface area (Å²) in [6.07, 6.45) is 3.65. The van der Waals surface area contributed by atoms with Crippen LogP contribution in [0.2, 0.25) is 5.02 Å². The molecule has 4 nitrogen and oxygen atoms in total. The minimum absolute atomic E-state index is 0.0577. The zero-order valence-electron chi connectivity index (χ0n) is 13.8. The summed E-state index contributed by atoms with van der Waals surface area (Å²) >= 11 is 6.02. The van der Waals surface area contributed by atoms with Gasteiger partial charge in [-0.25, -0.2) is 4.79 Å². The normalized spacial score (nSPS) is 16.1. The molecule has 1 heterocycles. The van der Waals surface area contributed by atoms with E-state index in [1.807, 2.05) is 43.3 Å². The van der Waals surface area contributed by atoms with Crippen LogP contribution in [0, 0.1) is 0 Å². The Morgan fingerprint density at radius 2 is 1.92 bits per heavy atom. The maximum atomic E-state index is 12.5. The molecule has 3 rings (SSSR count). The number of amides is 1. The predicted octanol–water partition coefficient (Wildman–Crippen LogP) is 3.87. The summed E-state index contributed by atoms with van der Waals surface area (Å²) in [5.74, 6) is -0.801. The smallest absolute Gasteiger partial charge is 0.331 e. The van der Waals surface area contributed by atoms with E-state index in [1.54, 1.807) is 23.1 Å². The van der Waals surface area contributed by atoms with Crippen LogP contribution in [0.5, 0.6) is 0 Å². The number of benzene rings is 2. The van der Waals surface area contributed by atoms with Crippen LogP contribution in [0.15, 0.2) is 54.6 Å². The Labute approximate surface area is 151 Å². The van der Waals surface area contributed by atoms with Crippen molar-refractivity contribution in [2.24, 2.45) is 0 Å². The van der Waals surface area contributed by atoms with E-state index < -0.39 is 5.97 Å². The van der Waals surface area contributed by atoms with Crippen LogP contribution in [0.4, 0.5) is 5.69 Å². The van der Waals surface area contributed by atoms with Crippen molar-refractivity contribution in [3.63, 3.8) is 0 Å². The molecule has 25 heavy (non-hydrogen) atoms. The van der Waals surface area contributed by atoms with Crippen molar-refractivity contribution >= 4 is 35.2 Å². The number of rotatable bonds is 4. The van der Waals surface area contributed by atoms with Crippen molar-refractivity contribution in [1.82, 2.24) is 0 Å². The molecule has 2 aromatic rings. The van der Waals surface area contributed by atoms with Crippen LogP contribution in [-0.4, -0.2) is 24.5 Å². The number of nitrogens with zero attached hydrogens (tertiary/aromatic N) is 1. The average Bonchev–Trinajstić information content (AvgIpc) is 2.94. The SMILES string of the molecule is C[C@@H]1Cc2ccccc2N1C(=O)COC(=O)/C=C/c1ccccc1Cl. The van der Waals surface area contributed by atoms with Gasteiger partial charge >= 0.3 is 5.97 Å². The molecule has 128 valence electrons. The van der Waals surface area contributed by atoms with Crippen molar-refractivity contribution < 1.29 is 14.3 Å². The molecule has 0 saturated carbocycles. The highest BCUT2D eigenvalue weighted by molar-refractivity contribution is 6.32. The Morgan fingerprint density at radius 1 is 1.20 bits per heavy atom. The number of esters is 1. The van der Waals surface area contributed by atoms with Gasteiger partial charge in [0.2, 0.25) is 0 Å². The summed E-state index contributed by atoms with van der Waals surface area (Å²) in [7, 11) is 0. The molecule has 1 aliphatic rings. The highest BCUT2D eigenvalue weighted by Gasteiger charge is 2.30. The fourth-order valence-corrected chi connectivity index (χ4v) is 3.16. The van der Waals surface area contributed by atoms with Crippen molar-refractivity contribution in [3.05, 3.63) is 70.8 Å². The number of hydrogen-bond acceptors (Lipinski definition) is 3. The Kier molecular flexibility index (Phi) is 5.19. The number of carbonyl (C=O) groups is 2. The summed E-state index contributed by atoms with van der Waals surface area (Å²) in [4.78, 5) is 26.0. The van der Waals surface area contributed by atoms with Gasteiger partial charge < -0.3 is 9.64 Å². The zero-order chi connectivity index (χ0) is 17.8. The largest absolute Gasteiger partial charge is 0.452 e. The first-order chi connectivity index (χ1) is 12.1. The molecule has 0 radical (unpaired) electrons. The van der Waals surface area contributed by atoms with Gasteiger partial charge in [-0.15, -0.1) is 0 Å². The monoisotopic (exact) mass is 355 g/mol. The fraction of sp³-hybridized carbons (Fsp3) is 0.200. The molecular formula is C20H18ClNO3. The van der Waals surface area contributed by atoms with Crippen LogP contribution < -0.4 is 4.90 Å². The van der Waals surface area contributed by atoms with Gasteiger partial charge in [0.1, 0.15) is 0 Å². The Morgan fingerprint density at radius 3 is 2.72 bits per heavy atom. The summed E-state index contributed by atoms with van der Waals surface area (Å²) in [6, 6.07) is 15.0. The van der Waals surface area contributed by atoms with Gasteiger partial charge in [0.05, 0.1) is 0 Å². The molecular weight excluding hydrogens is 338 g/mol. The molecule has 5 heteroatoms. The lowest BCUT2D eigenvalue weighted by molar-refractivity contribution is -0.143. The molecule has 1 amide bonds. The molecule has 0 aliphatic carbocycles. The standard InChI is InChI=1S/C20H18ClNO3/c1-14-12-16-7-3-5-9-18(16)22(14)19(23)13-25-20(24)11-10-15-6-2-4-8-17(15)21/h2-11,14H,12-13H2,1H3/b11-10+/t14-/m1/s1. The molecule has 0 bridgehead atoms. The van der Waals surface area contributed by atoms with Gasteiger partial charge in [-0.05, 0) is 42.7 Å². The van der Waals surface area contributed by atoms with E-state index >= 15 is 0 Å². The lowest BCUT2D eigenvalue weighted by Crippen LogP contribution is -2.38. The number of halogens is 1. The van der Waals surface area contributed by atoms with Gasteiger partial charge in [0.15, 0.2) is 6.61 Å². The van der Waals surface area contributed by atoms with Crippen LogP contribution >= 0.6 is 11.6 Å². The Bertz CT molecular complexity index is 831. The minimum atomic E-state index is -0.576. The molecule has 1 atom stereocenters. The lowest BCUT2D eigenvalue weighted by atomic mass is 10.1. The summed E-state index contributed by atoms with van der Waals surface area (Å²) in [5, 5.41) is 0.546. The lowest BCUT2D eigenvalue weighted by Gasteiger charge is -2.22. The van der Waals surface area contributed by atoms with Gasteiger partial charge in [0, 0.05) is 22.8 Å². The molecule has 2 aromatic carbocycles. The van der Waals surface area contributed by atoms with Crippen LogP contribution in [0.1, 0.15) is 18.1 Å². The summed E-state index contributed by atoms with van der Waals surface area (Å²) in [6.45, 7) is 1.70. The second kappa shape index (κ2) is 7.53. The third-order valence-electron chi connectivity index (χ3n) is 4.12. The van der Waals surface area contributed by atoms with E-state index in [9.17, 15) is 9.59 Å². The maximum Gasteiger partial charge on any atom is 0.331 e. The molecule has 1 aliphatic heterocycles. The van der Waals surface area contributed by atoms with E-state index in [0.717, 1.165) is 23.2 Å². The number of anilines is 1. The fourth-order valence-electron chi connectivity index (χ4n) is 2.96. The second-order valence-corrected chi connectivity index (χ2v) is 6.32. The van der Waals surface area contributed by atoms with Crippen molar-refractivity contribution in [2.75, 3.05) is 11.5 Å². The maximum absolute atomic E-state index is 12.5. The van der Waals surface area contributed by atoms with E-state index in [4.69, 9.17) is 16.3 Å². The number of para-hydroxylation sites is 1. The number of hydrogen-bond donors (Lipinski definition) is 0. The molecule has 0 unspecified atom stereocenters. The van der Waals surface area contributed by atoms with Crippen molar-refractivity contribution in [1.29, 1.82) is 0 Å². The van der Waals surface area contributed by atoms with E-state index in [2.05, 4.69) is 0 Å². The zero-order valence-corrected chi connectivity index (χ0v) is 14.6. The number of ether oxygens (including phenoxy) is 1. The first-order valence-corrected chi connectivity index (χ1v) is 8.43. The minimum Gasteiger partial charge on any atom is -0.452 e. The molecule has 0 N–H and O–H groups in total. The van der Waals surface area contributed by atoms with Gasteiger partial charge in [-0.1, -0.05) is 48.0 Å². The molecule has 0 fully saturated rings. The Hall–Kier alpha value is -2.59. The third kappa shape index (κ3) is 3.91.